The van der Waals surface area contributed by atoms with E-state index in [0.717, 1.165) is 11.7 Å². The van der Waals surface area contributed by atoms with E-state index in [2.05, 4.69) is 31.0 Å². The van der Waals surface area contributed by atoms with Gasteiger partial charge in [0, 0.05) is 18.6 Å². The lowest BCUT2D eigenvalue weighted by Gasteiger charge is -2.30. The molecule has 1 aliphatic heterocycles. The predicted octanol–water partition coefficient (Wildman–Crippen LogP) is 2.14. The van der Waals surface area contributed by atoms with Crippen LogP contribution in [0.25, 0.3) is 0 Å². The molecule has 1 heterocycles. The molecule has 1 rings (SSSR count). The number of nitrogens with one attached hydrogen (secondary N) is 1. The zero-order valence-corrected chi connectivity index (χ0v) is 9.66. The molecular weight excluding hydrogens is 180 g/mol. The first-order chi connectivity index (χ1) is 6.20. The Morgan fingerprint density at radius 1 is 1.46 bits per heavy atom. The van der Waals surface area contributed by atoms with Crippen molar-refractivity contribution < 1.29 is 0 Å². The lowest BCUT2D eigenvalue weighted by Crippen LogP contribution is -2.45. The van der Waals surface area contributed by atoms with Gasteiger partial charge in [0.2, 0.25) is 0 Å². The Balaban J connectivity index is 2.58. The monoisotopic (exact) mass is 200 g/mol. The van der Waals surface area contributed by atoms with Gasteiger partial charge in [0.1, 0.15) is 0 Å². The number of hydrogen-bond donors (Lipinski definition) is 1. The van der Waals surface area contributed by atoms with Crippen LogP contribution in [0.4, 0.5) is 0 Å². The average Bonchev–Trinajstić information content (AvgIpc) is 2.47. The van der Waals surface area contributed by atoms with Crippen LogP contribution in [0.1, 0.15) is 40.0 Å². The molecule has 0 aromatic carbocycles. The first kappa shape index (κ1) is 10.8. The second-order valence-electron chi connectivity index (χ2n) is 3.73. The Morgan fingerprint density at radius 2 is 2.15 bits per heavy atom. The number of nitrogens with zero attached hydrogens (tertiary/aromatic N) is 1. The van der Waals surface area contributed by atoms with Gasteiger partial charge in [-0.2, -0.15) is 0 Å². The summed E-state index contributed by atoms with van der Waals surface area (Å²) >= 11 is 5.35. The van der Waals surface area contributed by atoms with Crippen molar-refractivity contribution in [2.24, 2.45) is 0 Å². The Labute approximate surface area is 86.7 Å². The number of thiocarbonyl (C=S) groups is 1. The average molecular weight is 200 g/mol. The highest BCUT2D eigenvalue weighted by Gasteiger charge is 2.30. The zero-order chi connectivity index (χ0) is 9.84. The van der Waals surface area contributed by atoms with Crippen LogP contribution in [0.15, 0.2) is 0 Å². The summed E-state index contributed by atoms with van der Waals surface area (Å²) < 4.78 is 0. The number of hydrogen-bond acceptors (Lipinski definition) is 1. The van der Waals surface area contributed by atoms with Gasteiger partial charge in [-0.15, -0.1) is 0 Å². The van der Waals surface area contributed by atoms with E-state index >= 15 is 0 Å². The molecule has 1 saturated heterocycles. The van der Waals surface area contributed by atoms with Crippen LogP contribution in [0.3, 0.4) is 0 Å². The van der Waals surface area contributed by atoms with Crippen LogP contribution in [0.5, 0.6) is 0 Å². The highest BCUT2D eigenvalue weighted by atomic mass is 32.1. The van der Waals surface area contributed by atoms with E-state index in [-0.39, 0.29) is 0 Å². The van der Waals surface area contributed by atoms with Gasteiger partial charge in [0.25, 0.3) is 0 Å². The zero-order valence-electron chi connectivity index (χ0n) is 8.84. The highest BCUT2D eigenvalue weighted by molar-refractivity contribution is 7.80. The Kier molecular flexibility index (Phi) is 3.97. The minimum absolute atomic E-state index is 0.622. The Morgan fingerprint density at radius 3 is 2.69 bits per heavy atom. The quantitative estimate of drug-likeness (QED) is 0.688. The van der Waals surface area contributed by atoms with Crippen LogP contribution < -0.4 is 5.32 Å². The van der Waals surface area contributed by atoms with Crippen molar-refractivity contribution in [2.45, 2.75) is 52.1 Å². The maximum Gasteiger partial charge on any atom is 0.169 e. The SMILES string of the molecule is CCNC(=S)N1C(C)CCC1CC. The van der Waals surface area contributed by atoms with Gasteiger partial charge in [-0.25, -0.2) is 0 Å². The van der Waals surface area contributed by atoms with E-state index in [1.807, 2.05) is 0 Å². The van der Waals surface area contributed by atoms with Crippen molar-refractivity contribution in [2.75, 3.05) is 6.54 Å². The molecule has 1 aliphatic rings. The van der Waals surface area contributed by atoms with Crippen LogP contribution in [-0.4, -0.2) is 28.6 Å². The Bertz CT molecular complexity index is 182. The molecule has 0 aromatic rings. The molecular formula is C10H20N2S. The molecule has 0 bridgehead atoms. The van der Waals surface area contributed by atoms with Gasteiger partial charge >= 0.3 is 0 Å². The summed E-state index contributed by atoms with van der Waals surface area (Å²) in [5.41, 5.74) is 0. The summed E-state index contributed by atoms with van der Waals surface area (Å²) in [5.74, 6) is 0. The third kappa shape index (κ3) is 2.33. The van der Waals surface area contributed by atoms with E-state index in [9.17, 15) is 0 Å². The summed E-state index contributed by atoms with van der Waals surface area (Å²) in [6, 6.07) is 1.29. The number of likely N-dealkylation sites (tertiary alicyclic amines) is 1. The fourth-order valence-electron chi connectivity index (χ4n) is 2.08. The van der Waals surface area contributed by atoms with Gasteiger partial charge in [-0.1, -0.05) is 6.92 Å². The molecule has 3 heteroatoms. The maximum absolute atomic E-state index is 5.35. The summed E-state index contributed by atoms with van der Waals surface area (Å²) in [5, 5.41) is 4.18. The standard InChI is InChI=1S/C10H20N2S/c1-4-9-7-6-8(3)12(9)10(13)11-5-2/h8-9H,4-7H2,1-3H3,(H,11,13). The molecule has 76 valence electrons. The molecule has 2 nitrogen and oxygen atoms in total. The summed E-state index contributed by atoms with van der Waals surface area (Å²) in [7, 11) is 0. The lowest BCUT2D eigenvalue weighted by molar-refractivity contribution is 0.317. The van der Waals surface area contributed by atoms with Crippen LogP contribution in [0, 0.1) is 0 Å². The lowest BCUT2D eigenvalue weighted by atomic mass is 10.2. The second-order valence-corrected chi connectivity index (χ2v) is 4.12. The summed E-state index contributed by atoms with van der Waals surface area (Å²) in [4.78, 5) is 2.37. The molecule has 2 unspecified atom stereocenters. The maximum atomic E-state index is 5.35. The predicted molar refractivity (Wildman–Crippen MR) is 60.9 cm³/mol. The van der Waals surface area contributed by atoms with Crippen LogP contribution in [0.2, 0.25) is 0 Å². The third-order valence-electron chi connectivity index (χ3n) is 2.82. The molecule has 1 N–H and O–H groups in total. The van der Waals surface area contributed by atoms with E-state index in [1.165, 1.54) is 19.3 Å². The molecule has 1 fully saturated rings. The highest BCUT2D eigenvalue weighted by Crippen LogP contribution is 2.25. The van der Waals surface area contributed by atoms with Crippen molar-refractivity contribution in [3.05, 3.63) is 0 Å². The fourth-order valence-corrected chi connectivity index (χ4v) is 2.55. The molecule has 0 amide bonds. The third-order valence-corrected chi connectivity index (χ3v) is 3.17. The van der Waals surface area contributed by atoms with Crippen molar-refractivity contribution >= 4 is 17.3 Å². The topological polar surface area (TPSA) is 15.3 Å². The van der Waals surface area contributed by atoms with E-state index in [4.69, 9.17) is 12.2 Å². The van der Waals surface area contributed by atoms with Crippen molar-refractivity contribution in [1.82, 2.24) is 10.2 Å². The molecule has 0 aromatic heterocycles. The first-order valence-electron chi connectivity index (χ1n) is 5.26. The minimum Gasteiger partial charge on any atom is -0.363 e. The van der Waals surface area contributed by atoms with Crippen molar-refractivity contribution in [3.8, 4) is 0 Å². The molecule has 0 aliphatic carbocycles. The van der Waals surface area contributed by atoms with Gasteiger partial charge in [0.05, 0.1) is 0 Å². The van der Waals surface area contributed by atoms with E-state index < -0.39 is 0 Å². The molecule has 13 heavy (non-hydrogen) atoms. The number of rotatable bonds is 2. The molecule has 2 atom stereocenters. The van der Waals surface area contributed by atoms with Crippen LogP contribution >= 0.6 is 12.2 Å². The van der Waals surface area contributed by atoms with E-state index in [1.54, 1.807) is 0 Å². The fraction of sp³-hybridized carbons (Fsp3) is 0.900. The normalized spacial score (nSPS) is 27.8. The van der Waals surface area contributed by atoms with Gasteiger partial charge in [-0.3, -0.25) is 0 Å². The van der Waals surface area contributed by atoms with Gasteiger partial charge in [-0.05, 0) is 45.3 Å². The second kappa shape index (κ2) is 4.80. The first-order valence-corrected chi connectivity index (χ1v) is 5.67. The van der Waals surface area contributed by atoms with Crippen molar-refractivity contribution in [1.29, 1.82) is 0 Å². The van der Waals surface area contributed by atoms with Crippen LogP contribution in [-0.2, 0) is 0 Å². The molecule has 0 saturated carbocycles. The summed E-state index contributed by atoms with van der Waals surface area (Å²) in [6.07, 6.45) is 3.78. The molecule has 0 radical (unpaired) electrons. The van der Waals surface area contributed by atoms with Crippen molar-refractivity contribution in [3.63, 3.8) is 0 Å². The minimum atomic E-state index is 0.622. The summed E-state index contributed by atoms with van der Waals surface area (Å²) in [6.45, 7) is 7.52. The smallest absolute Gasteiger partial charge is 0.169 e. The largest absolute Gasteiger partial charge is 0.363 e. The molecule has 0 spiro atoms. The Hall–Kier alpha value is -0.310. The van der Waals surface area contributed by atoms with Gasteiger partial charge < -0.3 is 10.2 Å². The van der Waals surface area contributed by atoms with Gasteiger partial charge in [0.15, 0.2) is 5.11 Å². The van der Waals surface area contributed by atoms with E-state index in [0.29, 0.717) is 12.1 Å².